The molecule has 2 heterocycles. The van der Waals surface area contributed by atoms with Crippen molar-refractivity contribution in [3.8, 4) is 0 Å². The molecule has 4 nitrogen and oxygen atoms in total. The van der Waals surface area contributed by atoms with Gasteiger partial charge >= 0.3 is 0 Å². The predicted molar refractivity (Wildman–Crippen MR) is 61.8 cm³/mol. The van der Waals surface area contributed by atoms with Gasteiger partial charge in [-0.25, -0.2) is 13.8 Å². The van der Waals surface area contributed by atoms with Crippen molar-refractivity contribution in [3.63, 3.8) is 0 Å². The van der Waals surface area contributed by atoms with E-state index in [1.807, 2.05) is 0 Å². The molecule has 1 aromatic rings. The molecule has 0 amide bonds. The van der Waals surface area contributed by atoms with E-state index in [2.05, 4.69) is 10.3 Å². The van der Waals surface area contributed by atoms with Crippen molar-refractivity contribution >= 4 is 5.82 Å². The van der Waals surface area contributed by atoms with Crippen molar-refractivity contribution < 1.29 is 8.78 Å². The molecule has 0 aromatic carbocycles. The third-order valence-corrected chi connectivity index (χ3v) is 2.97. The van der Waals surface area contributed by atoms with Gasteiger partial charge in [0, 0.05) is 37.9 Å². The molecule has 2 rings (SSSR count). The van der Waals surface area contributed by atoms with Crippen LogP contribution in [0.3, 0.4) is 0 Å². The van der Waals surface area contributed by atoms with E-state index in [0.717, 1.165) is 13.1 Å². The zero-order valence-corrected chi connectivity index (χ0v) is 9.44. The lowest BCUT2D eigenvalue weighted by molar-refractivity contribution is 0.0184. The predicted octanol–water partition coefficient (Wildman–Crippen LogP) is 0.875. The quantitative estimate of drug-likeness (QED) is 0.826. The van der Waals surface area contributed by atoms with Crippen LogP contribution in [-0.2, 0) is 0 Å². The molecule has 0 bridgehead atoms. The third-order valence-electron chi connectivity index (χ3n) is 2.97. The molecule has 0 aliphatic carbocycles. The highest BCUT2D eigenvalue weighted by Gasteiger charge is 2.31. The molecule has 94 valence electrons. The maximum atomic E-state index is 13.2. The van der Waals surface area contributed by atoms with E-state index in [0.29, 0.717) is 18.7 Å². The highest BCUT2D eigenvalue weighted by molar-refractivity contribution is 5.41. The molecule has 1 fully saturated rings. The number of aromatic nitrogens is 1. The summed E-state index contributed by atoms with van der Waals surface area (Å²) in [4.78, 5) is 5.64. The first-order valence-corrected chi connectivity index (χ1v) is 5.63. The molecule has 6 heteroatoms. The summed E-state index contributed by atoms with van der Waals surface area (Å²) in [5, 5.41) is 3.14. The summed E-state index contributed by atoms with van der Waals surface area (Å²) >= 11 is 0. The number of hydrogen-bond acceptors (Lipinski definition) is 4. The molecular weight excluding hydrogens is 226 g/mol. The second-order valence-corrected chi connectivity index (χ2v) is 4.04. The number of anilines is 1. The van der Waals surface area contributed by atoms with Crippen LogP contribution in [0.5, 0.6) is 0 Å². The van der Waals surface area contributed by atoms with E-state index in [9.17, 15) is 8.78 Å². The molecular formula is C11H16F2N4. The summed E-state index contributed by atoms with van der Waals surface area (Å²) in [5.74, 6) is 0.191. The first-order valence-electron chi connectivity index (χ1n) is 5.63. The summed E-state index contributed by atoms with van der Waals surface area (Å²) in [6, 6.07) is 2.32. The van der Waals surface area contributed by atoms with Crippen molar-refractivity contribution in [1.82, 2.24) is 15.2 Å². The molecule has 3 N–H and O–H groups in total. The highest BCUT2D eigenvalue weighted by atomic mass is 19.3. The lowest BCUT2D eigenvalue weighted by atomic mass is 10.1. The minimum absolute atomic E-state index is 0.191. The summed E-state index contributed by atoms with van der Waals surface area (Å²) in [5.41, 5.74) is 6.10. The molecule has 17 heavy (non-hydrogen) atoms. The molecule has 1 aromatic heterocycles. The van der Waals surface area contributed by atoms with Gasteiger partial charge in [0.2, 0.25) is 0 Å². The van der Waals surface area contributed by atoms with Gasteiger partial charge in [-0.15, -0.1) is 0 Å². The average Bonchev–Trinajstić information content (AvgIpc) is 2.33. The molecule has 0 saturated carbocycles. The van der Waals surface area contributed by atoms with Crippen LogP contribution in [0, 0.1) is 0 Å². The van der Waals surface area contributed by atoms with Crippen LogP contribution in [0.15, 0.2) is 18.3 Å². The van der Waals surface area contributed by atoms with Crippen LogP contribution in [0.2, 0.25) is 0 Å². The van der Waals surface area contributed by atoms with Gasteiger partial charge in [0.15, 0.2) is 0 Å². The number of pyridine rings is 1. The first-order chi connectivity index (χ1) is 8.20. The Morgan fingerprint density at radius 2 is 2.06 bits per heavy atom. The van der Waals surface area contributed by atoms with Gasteiger partial charge in [-0.3, -0.25) is 4.90 Å². The van der Waals surface area contributed by atoms with Crippen LogP contribution >= 0.6 is 0 Å². The van der Waals surface area contributed by atoms with Gasteiger partial charge in [0.05, 0.1) is 6.04 Å². The van der Waals surface area contributed by atoms with Crippen LogP contribution in [0.4, 0.5) is 14.6 Å². The minimum Gasteiger partial charge on any atom is -0.383 e. The lowest BCUT2D eigenvalue weighted by Crippen LogP contribution is -2.47. The van der Waals surface area contributed by atoms with Gasteiger partial charge < -0.3 is 11.1 Å². The fourth-order valence-electron chi connectivity index (χ4n) is 2.13. The van der Waals surface area contributed by atoms with Crippen LogP contribution in [0.1, 0.15) is 11.6 Å². The number of rotatable bonds is 3. The third kappa shape index (κ3) is 2.70. The largest absolute Gasteiger partial charge is 0.383 e. The van der Waals surface area contributed by atoms with E-state index in [1.54, 1.807) is 17.0 Å². The van der Waals surface area contributed by atoms with Crippen molar-refractivity contribution in [2.75, 3.05) is 31.9 Å². The Hall–Kier alpha value is -1.27. The second kappa shape index (κ2) is 5.37. The number of nitrogens with one attached hydrogen (secondary N) is 1. The zero-order chi connectivity index (χ0) is 12.3. The summed E-state index contributed by atoms with van der Waals surface area (Å²) in [6.07, 6.45) is -0.946. The Labute approximate surface area is 98.8 Å². The van der Waals surface area contributed by atoms with E-state index in [4.69, 9.17) is 5.73 Å². The van der Waals surface area contributed by atoms with Crippen LogP contribution < -0.4 is 11.1 Å². The van der Waals surface area contributed by atoms with E-state index >= 15 is 0 Å². The van der Waals surface area contributed by atoms with E-state index in [-0.39, 0.29) is 5.82 Å². The Morgan fingerprint density at radius 3 is 2.65 bits per heavy atom. The number of nitrogen functional groups attached to an aromatic ring is 1. The number of alkyl halides is 2. The van der Waals surface area contributed by atoms with Crippen LogP contribution in [-0.4, -0.2) is 42.5 Å². The molecule has 0 spiro atoms. The van der Waals surface area contributed by atoms with Gasteiger partial charge in [0.25, 0.3) is 6.43 Å². The molecule has 0 radical (unpaired) electrons. The van der Waals surface area contributed by atoms with Crippen LogP contribution in [0.25, 0.3) is 0 Å². The van der Waals surface area contributed by atoms with Gasteiger partial charge in [-0.2, -0.15) is 0 Å². The fraction of sp³-hybridized carbons (Fsp3) is 0.545. The smallest absolute Gasteiger partial charge is 0.258 e. The summed E-state index contributed by atoms with van der Waals surface area (Å²) in [6.45, 7) is 2.65. The SMILES string of the molecule is Nc1ncccc1[C@@H](C(F)F)N1CCNCC1. The van der Waals surface area contributed by atoms with E-state index < -0.39 is 12.5 Å². The lowest BCUT2D eigenvalue weighted by Gasteiger charge is -2.34. The van der Waals surface area contributed by atoms with Gasteiger partial charge in [-0.1, -0.05) is 6.07 Å². The van der Waals surface area contributed by atoms with E-state index in [1.165, 1.54) is 6.20 Å². The zero-order valence-electron chi connectivity index (χ0n) is 9.44. The van der Waals surface area contributed by atoms with Crippen molar-refractivity contribution in [2.24, 2.45) is 0 Å². The minimum atomic E-state index is -2.46. The summed E-state index contributed by atoms with van der Waals surface area (Å²) in [7, 11) is 0. The van der Waals surface area contributed by atoms with Gasteiger partial charge in [0.1, 0.15) is 5.82 Å². The number of piperazine rings is 1. The first kappa shape index (κ1) is 12.2. The Morgan fingerprint density at radius 1 is 1.35 bits per heavy atom. The summed E-state index contributed by atoms with van der Waals surface area (Å²) < 4.78 is 26.4. The molecule has 0 unspecified atom stereocenters. The standard InChI is InChI=1S/C11H16F2N4/c12-10(13)9(17-6-4-15-5-7-17)8-2-1-3-16-11(8)14/h1-3,9-10,15H,4-7H2,(H2,14,16)/t9-/m0/s1. The number of halogens is 2. The monoisotopic (exact) mass is 242 g/mol. The topological polar surface area (TPSA) is 54.2 Å². The number of nitrogens with two attached hydrogens (primary N) is 1. The maximum Gasteiger partial charge on any atom is 0.258 e. The highest BCUT2D eigenvalue weighted by Crippen LogP contribution is 2.30. The van der Waals surface area contributed by atoms with Crippen molar-refractivity contribution in [2.45, 2.75) is 12.5 Å². The van der Waals surface area contributed by atoms with Crippen molar-refractivity contribution in [1.29, 1.82) is 0 Å². The Kier molecular flexibility index (Phi) is 3.86. The molecule has 1 saturated heterocycles. The Balaban J connectivity index is 2.25. The normalized spacial score (nSPS) is 19.5. The maximum absolute atomic E-state index is 13.2. The van der Waals surface area contributed by atoms with Crippen molar-refractivity contribution in [3.05, 3.63) is 23.9 Å². The molecule has 1 aliphatic rings. The fourth-order valence-corrected chi connectivity index (χ4v) is 2.13. The van der Waals surface area contributed by atoms with Gasteiger partial charge in [-0.05, 0) is 6.07 Å². The molecule has 1 atom stereocenters. The Bertz CT molecular complexity index is 366. The number of hydrogen-bond donors (Lipinski definition) is 2. The molecule has 1 aliphatic heterocycles. The number of nitrogens with zero attached hydrogens (tertiary/aromatic N) is 2. The average molecular weight is 242 g/mol. The second-order valence-electron chi connectivity index (χ2n) is 4.04.